The van der Waals surface area contributed by atoms with E-state index in [0.29, 0.717) is 29.5 Å². The zero-order valence-electron chi connectivity index (χ0n) is 19.7. The van der Waals surface area contributed by atoms with E-state index < -0.39 is 17.6 Å². The molecule has 3 aromatic rings. The Labute approximate surface area is 206 Å². The molecule has 5 N–H and O–H groups in total. The van der Waals surface area contributed by atoms with E-state index in [0.717, 1.165) is 35.3 Å². The number of carbonyl (C=O) groups excluding carboxylic acids is 1. The number of ether oxygens (including phenoxy) is 1. The van der Waals surface area contributed by atoms with Crippen molar-refractivity contribution in [3.63, 3.8) is 0 Å². The van der Waals surface area contributed by atoms with Crippen LogP contribution in [0.15, 0.2) is 66.4 Å². The summed E-state index contributed by atoms with van der Waals surface area (Å²) in [6.07, 6.45) is -1.57. The van der Waals surface area contributed by atoms with Crippen LogP contribution >= 0.6 is 0 Å². The van der Waals surface area contributed by atoms with E-state index in [-0.39, 0.29) is 17.7 Å². The molecule has 1 heterocycles. The van der Waals surface area contributed by atoms with Gasteiger partial charge in [0, 0.05) is 24.2 Å². The molecule has 0 radical (unpaired) electrons. The van der Waals surface area contributed by atoms with Gasteiger partial charge in [0.2, 0.25) is 0 Å². The number of anilines is 1. The van der Waals surface area contributed by atoms with Crippen molar-refractivity contribution in [1.82, 2.24) is 10.9 Å². The molecule has 1 atom stereocenters. The van der Waals surface area contributed by atoms with Crippen molar-refractivity contribution in [3.8, 4) is 5.75 Å². The third-order valence-electron chi connectivity index (χ3n) is 6.92. The Balaban J connectivity index is 1.72. The van der Waals surface area contributed by atoms with Crippen molar-refractivity contribution in [2.45, 2.75) is 31.0 Å². The molecule has 9 heteroatoms. The Morgan fingerprint density at radius 3 is 2.56 bits per heavy atom. The number of primary amides is 1. The first-order chi connectivity index (χ1) is 17.2. The Morgan fingerprint density at radius 2 is 1.89 bits per heavy atom. The average Bonchev–Trinajstić information content (AvgIpc) is 3.57. The molecule has 1 aliphatic carbocycles. The quantitative estimate of drug-likeness (QED) is 0.369. The second-order valence-electron chi connectivity index (χ2n) is 9.28. The molecule has 5 rings (SSSR count). The van der Waals surface area contributed by atoms with Gasteiger partial charge in [-0.15, -0.1) is 0 Å². The summed E-state index contributed by atoms with van der Waals surface area (Å²) in [5.74, 6) is 0.121. The summed E-state index contributed by atoms with van der Waals surface area (Å²) in [5, 5.41) is 5.23. The lowest BCUT2D eigenvalue weighted by molar-refractivity contribution is -0.184. The van der Waals surface area contributed by atoms with E-state index in [4.69, 9.17) is 10.5 Å². The van der Waals surface area contributed by atoms with Crippen molar-refractivity contribution in [2.24, 2.45) is 11.7 Å². The third kappa shape index (κ3) is 4.24. The van der Waals surface area contributed by atoms with Crippen molar-refractivity contribution in [3.05, 3.63) is 83.1 Å². The second-order valence-corrected chi connectivity index (χ2v) is 9.28. The van der Waals surface area contributed by atoms with Gasteiger partial charge in [0.1, 0.15) is 11.4 Å². The molecular formula is C27H27F3N4O2. The lowest BCUT2D eigenvalue weighted by atomic mass is 9.82. The SMILES string of the molecule is COc1ccc2ccccc2c1Cc1c(NCC2CC2)cccc1C1(C(F)(F)F)C=C(C(N)=O)NN1. The number of halogens is 3. The summed E-state index contributed by atoms with van der Waals surface area (Å²) in [6.45, 7) is 0.677. The minimum absolute atomic E-state index is 0.0189. The number of hydrogen-bond acceptors (Lipinski definition) is 5. The van der Waals surface area contributed by atoms with Crippen LogP contribution in [0.2, 0.25) is 0 Å². The average molecular weight is 497 g/mol. The number of nitrogens with one attached hydrogen (secondary N) is 3. The fourth-order valence-electron chi connectivity index (χ4n) is 4.79. The van der Waals surface area contributed by atoms with Gasteiger partial charge < -0.3 is 21.2 Å². The molecule has 0 spiro atoms. The molecule has 0 saturated heterocycles. The molecule has 3 aromatic carbocycles. The summed E-state index contributed by atoms with van der Waals surface area (Å²) in [5.41, 5.74) is 8.83. The molecule has 1 aliphatic heterocycles. The number of methoxy groups -OCH3 is 1. The van der Waals surface area contributed by atoms with Crippen LogP contribution in [0.3, 0.4) is 0 Å². The number of alkyl halides is 3. The topological polar surface area (TPSA) is 88.4 Å². The Hall–Kier alpha value is -3.72. The fraction of sp³-hybridized carbons (Fsp3) is 0.296. The highest BCUT2D eigenvalue weighted by Gasteiger charge is 2.58. The molecule has 188 valence electrons. The first-order valence-electron chi connectivity index (χ1n) is 11.8. The molecule has 0 bridgehead atoms. The van der Waals surface area contributed by atoms with Crippen LogP contribution in [0.4, 0.5) is 18.9 Å². The molecule has 2 aliphatic rings. The molecular weight excluding hydrogens is 469 g/mol. The maximum absolute atomic E-state index is 14.8. The first kappa shape index (κ1) is 24.0. The number of hydrazine groups is 1. The second kappa shape index (κ2) is 9.05. The highest BCUT2D eigenvalue weighted by molar-refractivity contribution is 5.92. The van der Waals surface area contributed by atoms with E-state index in [1.165, 1.54) is 6.07 Å². The largest absolute Gasteiger partial charge is 0.496 e. The van der Waals surface area contributed by atoms with Crippen molar-refractivity contribution >= 4 is 22.4 Å². The van der Waals surface area contributed by atoms with Gasteiger partial charge in [-0.2, -0.15) is 13.2 Å². The van der Waals surface area contributed by atoms with Crippen LogP contribution in [-0.4, -0.2) is 25.7 Å². The van der Waals surface area contributed by atoms with Crippen LogP contribution in [-0.2, 0) is 16.8 Å². The minimum atomic E-state index is -4.77. The molecule has 6 nitrogen and oxygen atoms in total. The predicted molar refractivity (Wildman–Crippen MR) is 132 cm³/mol. The number of fused-ring (bicyclic) bond motifs is 1. The number of carbonyl (C=O) groups is 1. The van der Waals surface area contributed by atoms with Crippen LogP contribution in [0, 0.1) is 5.92 Å². The molecule has 36 heavy (non-hydrogen) atoms. The number of rotatable bonds is 8. The molecule has 0 aromatic heterocycles. The first-order valence-corrected chi connectivity index (χ1v) is 11.8. The lowest BCUT2D eigenvalue weighted by Crippen LogP contribution is -2.53. The van der Waals surface area contributed by atoms with E-state index in [1.54, 1.807) is 19.2 Å². The van der Waals surface area contributed by atoms with Crippen LogP contribution < -0.4 is 26.6 Å². The van der Waals surface area contributed by atoms with Crippen molar-refractivity contribution < 1.29 is 22.7 Å². The summed E-state index contributed by atoms with van der Waals surface area (Å²) in [4.78, 5) is 11.8. The van der Waals surface area contributed by atoms with Gasteiger partial charge in [0.15, 0.2) is 5.54 Å². The fourth-order valence-corrected chi connectivity index (χ4v) is 4.79. The van der Waals surface area contributed by atoms with Crippen molar-refractivity contribution in [2.75, 3.05) is 19.0 Å². The molecule has 1 fully saturated rings. The highest BCUT2D eigenvalue weighted by Crippen LogP contribution is 2.46. The number of hydrogen-bond donors (Lipinski definition) is 4. The normalized spacial score (nSPS) is 19.6. The summed E-state index contributed by atoms with van der Waals surface area (Å²) >= 11 is 0. The zero-order chi connectivity index (χ0) is 25.5. The summed E-state index contributed by atoms with van der Waals surface area (Å²) < 4.78 is 49.9. The van der Waals surface area contributed by atoms with E-state index in [2.05, 4.69) is 16.2 Å². The van der Waals surface area contributed by atoms with Crippen LogP contribution in [0.1, 0.15) is 29.5 Å². The number of benzene rings is 3. The molecule has 1 unspecified atom stereocenters. The van der Waals surface area contributed by atoms with Gasteiger partial charge in [0.05, 0.1) is 7.11 Å². The van der Waals surface area contributed by atoms with Gasteiger partial charge in [-0.25, -0.2) is 5.43 Å². The van der Waals surface area contributed by atoms with Crippen molar-refractivity contribution in [1.29, 1.82) is 0 Å². The van der Waals surface area contributed by atoms with E-state index in [9.17, 15) is 18.0 Å². The summed E-state index contributed by atoms with van der Waals surface area (Å²) in [6, 6.07) is 16.3. The van der Waals surface area contributed by atoms with E-state index in [1.807, 2.05) is 36.4 Å². The van der Waals surface area contributed by atoms with Crippen LogP contribution in [0.25, 0.3) is 10.8 Å². The highest BCUT2D eigenvalue weighted by atomic mass is 19.4. The Morgan fingerprint density at radius 1 is 1.11 bits per heavy atom. The van der Waals surface area contributed by atoms with Gasteiger partial charge in [-0.05, 0) is 58.9 Å². The Kier molecular flexibility index (Phi) is 6.04. The lowest BCUT2D eigenvalue weighted by Gasteiger charge is -2.33. The van der Waals surface area contributed by atoms with Gasteiger partial charge in [0.25, 0.3) is 5.91 Å². The number of amides is 1. The Bertz CT molecular complexity index is 1350. The maximum atomic E-state index is 14.8. The maximum Gasteiger partial charge on any atom is 0.416 e. The minimum Gasteiger partial charge on any atom is -0.496 e. The number of nitrogens with two attached hydrogens (primary N) is 1. The van der Waals surface area contributed by atoms with E-state index >= 15 is 0 Å². The smallest absolute Gasteiger partial charge is 0.416 e. The molecule has 1 amide bonds. The third-order valence-corrected chi connectivity index (χ3v) is 6.92. The molecule has 1 saturated carbocycles. The predicted octanol–water partition coefficient (Wildman–Crippen LogP) is 4.50. The monoisotopic (exact) mass is 496 g/mol. The van der Waals surface area contributed by atoms with Gasteiger partial charge in [-0.3, -0.25) is 4.79 Å². The van der Waals surface area contributed by atoms with Gasteiger partial charge >= 0.3 is 6.18 Å². The summed E-state index contributed by atoms with van der Waals surface area (Å²) in [7, 11) is 1.55. The van der Waals surface area contributed by atoms with Gasteiger partial charge in [-0.1, -0.05) is 42.5 Å². The standard InChI is InChI=1S/C27H27F3N4O2/c1-36-24-12-11-17-5-2-3-6-18(17)19(24)13-20-21(7-4-8-22(20)32-15-16-9-10-16)26(27(28,29)30)14-23(25(31)35)33-34-26/h2-8,11-12,14,16,32-34H,9-10,13,15H2,1H3,(H2,31,35). The van der Waals surface area contributed by atoms with Crippen LogP contribution in [0.5, 0.6) is 5.75 Å². The zero-order valence-corrected chi connectivity index (χ0v) is 19.7.